The van der Waals surface area contributed by atoms with Crippen LogP contribution in [0.5, 0.6) is 0 Å². The van der Waals surface area contributed by atoms with Gasteiger partial charge in [-0.3, -0.25) is 0 Å². The maximum atomic E-state index is 8.39. The van der Waals surface area contributed by atoms with Gasteiger partial charge < -0.3 is 6.41 Å². The average molecular weight is 140 g/mol. The van der Waals surface area contributed by atoms with Crippen molar-refractivity contribution in [1.29, 1.82) is 10.5 Å². The van der Waals surface area contributed by atoms with Crippen LogP contribution in [0.15, 0.2) is 0 Å². The van der Waals surface area contributed by atoms with Crippen molar-refractivity contribution in [1.82, 2.24) is 9.97 Å². The van der Waals surface area contributed by atoms with Gasteiger partial charge in [0.2, 0.25) is 0 Å². The van der Waals surface area contributed by atoms with Gasteiger partial charge in [-0.1, -0.05) is 0 Å². The Morgan fingerprint density at radius 1 is 1.45 bits per heavy atom. The van der Waals surface area contributed by atoms with Crippen molar-refractivity contribution in [2.24, 2.45) is 0 Å². The molecule has 1 rings (SSSR count). The molecule has 0 aliphatic heterocycles. The van der Waals surface area contributed by atoms with E-state index in [0.717, 1.165) is 0 Å². The molecular weight excluding hydrogens is 135 g/mol. The first-order valence-electron chi connectivity index (χ1n) is 2.64. The summed E-state index contributed by atoms with van der Waals surface area (Å²) in [6.07, 6.45) is 0. The second-order valence-electron chi connectivity index (χ2n) is 1.77. The van der Waals surface area contributed by atoms with Crippen LogP contribution in [0.25, 0.3) is 0 Å². The first-order valence-corrected chi connectivity index (χ1v) is 2.64. The Labute approximate surface area is 77.5 Å². The summed E-state index contributed by atoms with van der Waals surface area (Å²) in [7, 11) is 0. The summed E-state index contributed by atoms with van der Waals surface area (Å²) < 4.78 is 0. The normalized spacial score (nSPS) is 7.55. The molecule has 5 heteroatoms. The summed E-state index contributed by atoms with van der Waals surface area (Å²) in [5, 5.41) is 16.8. The number of rotatable bonds is 0. The quantitative estimate of drug-likeness (QED) is 0.407. The average Bonchev–Trinajstić information content (AvgIpc) is 2.30. The van der Waals surface area contributed by atoms with E-state index in [2.05, 4.69) is 9.97 Å². The van der Waals surface area contributed by atoms with Crippen molar-refractivity contribution >= 4 is 0 Å². The molecule has 0 fully saturated rings. The fourth-order valence-corrected chi connectivity index (χ4v) is 0.653. The van der Waals surface area contributed by atoms with Crippen LogP contribution in [0.1, 0.15) is 18.6 Å². The number of imidazole rings is 1. The minimum Gasteiger partial charge on any atom is -1.00 e. The second-order valence-corrected chi connectivity index (χ2v) is 1.77. The van der Waals surface area contributed by atoms with Gasteiger partial charge in [0.1, 0.15) is 18.0 Å². The molecule has 0 spiro atoms. The molecule has 50 valence electrons. The van der Waals surface area contributed by atoms with Crippen LogP contribution >= 0.6 is 0 Å². The Morgan fingerprint density at radius 2 is 2.09 bits per heavy atom. The summed E-state index contributed by atoms with van der Waals surface area (Å²) in [4.78, 5) is 6.41. The molecule has 0 aromatic carbocycles. The van der Waals surface area contributed by atoms with Gasteiger partial charge in [0.05, 0.1) is 0 Å². The van der Waals surface area contributed by atoms with Crippen molar-refractivity contribution in [3.05, 3.63) is 17.2 Å². The zero-order valence-electron chi connectivity index (χ0n) is 7.34. The standard InChI is InChI=1S/C6H4N4.Li.H/c1-4-9-5(2-7)6(3-8)10-4;;/h1H3,(H,9,10);;/q;+1;-1. The van der Waals surface area contributed by atoms with Crippen LogP contribution in [0.3, 0.4) is 0 Å². The van der Waals surface area contributed by atoms with Gasteiger partial charge >= 0.3 is 18.9 Å². The number of aryl methyl sites for hydroxylation is 1. The van der Waals surface area contributed by atoms with E-state index in [9.17, 15) is 0 Å². The number of aromatic amines is 1. The van der Waals surface area contributed by atoms with Crippen LogP contribution in [0.2, 0.25) is 0 Å². The molecular formula is C6H5LiN4. The van der Waals surface area contributed by atoms with E-state index in [1.165, 1.54) is 0 Å². The minimum absolute atomic E-state index is 0. The minimum atomic E-state index is 0. The monoisotopic (exact) mass is 140 g/mol. The first-order chi connectivity index (χ1) is 4.77. The first kappa shape index (κ1) is 9.79. The summed E-state index contributed by atoms with van der Waals surface area (Å²) in [5.41, 5.74) is 0.403. The van der Waals surface area contributed by atoms with Gasteiger partial charge in [-0.2, -0.15) is 10.5 Å². The molecule has 1 heterocycles. The Bertz CT molecular complexity index is 301. The fourth-order valence-electron chi connectivity index (χ4n) is 0.653. The molecule has 0 radical (unpaired) electrons. The molecule has 1 N–H and O–H groups in total. The molecule has 0 bridgehead atoms. The van der Waals surface area contributed by atoms with Gasteiger partial charge in [-0.15, -0.1) is 0 Å². The number of aromatic nitrogens is 2. The maximum absolute atomic E-state index is 8.39. The van der Waals surface area contributed by atoms with E-state index in [-0.39, 0.29) is 31.7 Å². The summed E-state index contributed by atoms with van der Waals surface area (Å²) >= 11 is 0. The smallest absolute Gasteiger partial charge is 1.00 e. The molecule has 0 atom stereocenters. The van der Waals surface area contributed by atoms with E-state index in [4.69, 9.17) is 10.5 Å². The van der Waals surface area contributed by atoms with Crippen LogP contribution < -0.4 is 18.9 Å². The SMILES string of the molecule is Cc1nc(C#N)c(C#N)[nH]1.[H-].[Li+]. The molecule has 0 amide bonds. The van der Waals surface area contributed by atoms with Crippen LogP contribution in [-0.4, -0.2) is 9.97 Å². The number of nitriles is 2. The zero-order valence-corrected chi connectivity index (χ0v) is 6.34. The third-order valence-electron chi connectivity index (χ3n) is 1.04. The van der Waals surface area contributed by atoms with Crippen molar-refractivity contribution in [2.45, 2.75) is 6.92 Å². The van der Waals surface area contributed by atoms with E-state index in [1.54, 1.807) is 13.0 Å². The maximum Gasteiger partial charge on any atom is 1.00 e. The molecule has 1 aromatic rings. The zero-order chi connectivity index (χ0) is 7.56. The van der Waals surface area contributed by atoms with E-state index < -0.39 is 0 Å². The van der Waals surface area contributed by atoms with Crippen molar-refractivity contribution in [2.75, 3.05) is 0 Å². The van der Waals surface area contributed by atoms with Gasteiger partial charge in [0.25, 0.3) is 0 Å². The van der Waals surface area contributed by atoms with Gasteiger partial charge in [-0.25, -0.2) is 4.98 Å². The Kier molecular flexibility index (Phi) is 3.41. The third-order valence-corrected chi connectivity index (χ3v) is 1.04. The number of H-pyrrole nitrogens is 1. The molecule has 4 nitrogen and oxygen atoms in total. The fraction of sp³-hybridized carbons (Fsp3) is 0.167. The topological polar surface area (TPSA) is 76.3 Å². The molecule has 0 aliphatic rings. The summed E-state index contributed by atoms with van der Waals surface area (Å²) in [5.74, 6) is 0.591. The van der Waals surface area contributed by atoms with Crippen molar-refractivity contribution in [3.8, 4) is 12.1 Å². The Balaban J connectivity index is 0. The number of hydrogen-bond acceptors (Lipinski definition) is 3. The Hall–Kier alpha value is -1.21. The molecule has 1 aromatic heterocycles. The molecule has 11 heavy (non-hydrogen) atoms. The molecule has 0 saturated carbocycles. The third kappa shape index (κ3) is 1.85. The van der Waals surface area contributed by atoms with Crippen LogP contribution in [0.4, 0.5) is 0 Å². The van der Waals surface area contributed by atoms with E-state index >= 15 is 0 Å². The number of nitrogens with zero attached hydrogens (tertiary/aromatic N) is 3. The predicted octanol–water partition coefficient (Wildman–Crippen LogP) is -2.42. The van der Waals surface area contributed by atoms with E-state index in [1.807, 2.05) is 6.07 Å². The number of nitrogens with one attached hydrogen (secondary N) is 1. The van der Waals surface area contributed by atoms with Gasteiger partial charge in [0, 0.05) is 0 Å². The number of hydrogen-bond donors (Lipinski definition) is 1. The summed E-state index contributed by atoms with van der Waals surface area (Å²) in [6.45, 7) is 1.70. The van der Waals surface area contributed by atoms with Crippen LogP contribution in [-0.2, 0) is 0 Å². The summed E-state index contributed by atoms with van der Waals surface area (Å²) in [6, 6.07) is 3.63. The van der Waals surface area contributed by atoms with E-state index in [0.29, 0.717) is 5.82 Å². The molecule has 0 saturated heterocycles. The van der Waals surface area contributed by atoms with Gasteiger partial charge in [0.15, 0.2) is 11.4 Å². The second kappa shape index (κ2) is 3.84. The largest absolute Gasteiger partial charge is 1.00 e. The van der Waals surface area contributed by atoms with Crippen LogP contribution in [0, 0.1) is 29.6 Å². The molecule has 0 unspecified atom stereocenters. The van der Waals surface area contributed by atoms with Crippen molar-refractivity contribution < 1.29 is 20.3 Å². The van der Waals surface area contributed by atoms with Gasteiger partial charge in [-0.05, 0) is 6.92 Å². The Morgan fingerprint density at radius 3 is 2.45 bits per heavy atom. The predicted molar refractivity (Wildman–Crippen MR) is 33.9 cm³/mol. The van der Waals surface area contributed by atoms with Crippen molar-refractivity contribution in [3.63, 3.8) is 0 Å². The molecule has 0 aliphatic carbocycles.